The largest absolute Gasteiger partial charge is 0.465 e. The maximum absolute atomic E-state index is 11.5. The molecule has 98 valence electrons. The summed E-state index contributed by atoms with van der Waals surface area (Å²) < 4.78 is 9.69. The molecule has 0 radical (unpaired) electrons. The van der Waals surface area contributed by atoms with E-state index in [1.165, 1.54) is 19.2 Å². The number of esters is 2. The van der Waals surface area contributed by atoms with Gasteiger partial charge in [-0.1, -0.05) is 12.1 Å². The number of aliphatic hydroxyl groups is 1. The van der Waals surface area contributed by atoms with Gasteiger partial charge in [0.15, 0.2) is 0 Å². The van der Waals surface area contributed by atoms with Crippen molar-refractivity contribution in [2.45, 2.75) is 19.3 Å². The summed E-state index contributed by atoms with van der Waals surface area (Å²) in [6, 6.07) is 6.40. The van der Waals surface area contributed by atoms with Crippen molar-refractivity contribution < 1.29 is 24.2 Å². The first-order valence-corrected chi connectivity index (χ1v) is 5.68. The smallest absolute Gasteiger partial charge is 0.341 e. The minimum absolute atomic E-state index is 0.0476. The van der Waals surface area contributed by atoms with Crippen LogP contribution >= 0.6 is 0 Å². The molecule has 0 spiro atoms. The van der Waals surface area contributed by atoms with Gasteiger partial charge in [0.25, 0.3) is 0 Å². The van der Waals surface area contributed by atoms with Gasteiger partial charge in [0.2, 0.25) is 0 Å². The van der Waals surface area contributed by atoms with Crippen LogP contribution in [0.5, 0.6) is 5.75 Å². The molecular weight excluding hydrogens is 236 g/mol. The van der Waals surface area contributed by atoms with Crippen LogP contribution in [-0.2, 0) is 9.53 Å². The Balaban J connectivity index is 2.66. The average molecular weight is 252 g/mol. The highest BCUT2D eigenvalue weighted by Crippen LogP contribution is 2.19. The van der Waals surface area contributed by atoms with Crippen LogP contribution in [0.1, 0.15) is 29.6 Å². The Bertz CT molecular complexity index is 414. The SMILES string of the molecule is COC(=O)c1ccccc1OC(=O)CCCCO. The molecule has 5 heteroatoms. The number of hydrogen-bond acceptors (Lipinski definition) is 5. The first-order chi connectivity index (χ1) is 8.69. The quantitative estimate of drug-likeness (QED) is 0.472. The highest BCUT2D eigenvalue weighted by Gasteiger charge is 2.14. The third-order valence-corrected chi connectivity index (χ3v) is 2.31. The molecule has 1 aromatic carbocycles. The van der Waals surface area contributed by atoms with Crippen molar-refractivity contribution in [3.05, 3.63) is 29.8 Å². The van der Waals surface area contributed by atoms with Crippen molar-refractivity contribution in [3.63, 3.8) is 0 Å². The van der Waals surface area contributed by atoms with Crippen molar-refractivity contribution >= 4 is 11.9 Å². The normalized spacial score (nSPS) is 9.89. The summed E-state index contributed by atoms with van der Waals surface area (Å²) in [7, 11) is 1.27. The van der Waals surface area contributed by atoms with E-state index in [0.717, 1.165) is 0 Å². The second kappa shape index (κ2) is 7.45. The van der Waals surface area contributed by atoms with Crippen LogP contribution < -0.4 is 4.74 Å². The van der Waals surface area contributed by atoms with E-state index in [4.69, 9.17) is 9.84 Å². The molecule has 1 N–H and O–H groups in total. The molecular formula is C13H16O5. The zero-order valence-electron chi connectivity index (χ0n) is 10.2. The summed E-state index contributed by atoms with van der Waals surface area (Å²) in [6.45, 7) is 0.0476. The molecule has 0 fully saturated rings. The molecule has 0 aliphatic rings. The maximum atomic E-state index is 11.5. The van der Waals surface area contributed by atoms with Crippen LogP contribution in [0, 0.1) is 0 Å². The van der Waals surface area contributed by atoms with Gasteiger partial charge in [-0.05, 0) is 25.0 Å². The Morgan fingerprint density at radius 2 is 1.94 bits per heavy atom. The number of aliphatic hydroxyl groups excluding tert-OH is 1. The number of ether oxygens (including phenoxy) is 2. The van der Waals surface area contributed by atoms with Crippen LogP contribution in [0.2, 0.25) is 0 Å². The number of rotatable bonds is 6. The second-order valence-electron chi connectivity index (χ2n) is 3.64. The molecule has 1 aromatic rings. The molecule has 0 saturated heterocycles. The molecule has 0 unspecified atom stereocenters. The third-order valence-electron chi connectivity index (χ3n) is 2.31. The molecule has 0 bridgehead atoms. The van der Waals surface area contributed by atoms with Crippen molar-refractivity contribution in [1.82, 2.24) is 0 Å². The molecule has 0 aliphatic heterocycles. The van der Waals surface area contributed by atoms with E-state index in [1.54, 1.807) is 12.1 Å². The number of methoxy groups -OCH3 is 1. The van der Waals surface area contributed by atoms with E-state index in [2.05, 4.69) is 4.74 Å². The van der Waals surface area contributed by atoms with Gasteiger partial charge in [-0.2, -0.15) is 0 Å². The fourth-order valence-electron chi connectivity index (χ4n) is 1.39. The van der Waals surface area contributed by atoms with Crippen LogP contribution in [0.15, 0.2) is 24.3 Å². The zero-order valence-corrected chi connectivity index (χ0v) is 10.2. The molecule has 0 aliphatic carbocycles. The lowest BCUT2D eigenvalue weighted by molar-refractivity contribution is -0.134. The molecule has 0 atom stereocenters. The lowest BCUT2D eigenvalue weighted by atomic mass is 10.2. The van der Waals surface area contributed by atoms with Gasteiger partial charge in [0, 0.05) is 13.0 Å². The van der Waals surface area contributed by atoms with E-state index in [1.807, 2.05) is 0 Å². The summed E-state index contributed by atoms with van der Waals surface area (Å²) in [5.74, 6) is -0.785. The molecule has 0 saturated carbocycles. The van der Waals surface area contributed by atoms with Crippen LogP contribution in [0.25, 0.3) is 0 Å². The maximum Gasteiger partial charge on any atom is 0.341 e. The Morgan fingerprint density at radius 1 is 1.22 bits per heavy atom. The summed E-state index contributed by atoms with van der Waals surface area (Å²) in [4.78, 5) is 22.9. The second-order valence-corrected chi connectivity index (χ2v) is 3.64. The Morgan fingerprint density at radius 3 is 2.61 bits per heavy atom. The lowest BCUT2D eigenvalue weighted by Gasteiger charge is -2.08. The fraction of sp³-hybridized carbons (Fsp3) is 0.385. The fourth-order valence-corrected chi connectivity index (χ4v) is 1.39. The number of carbonyl (C=O) groups is 2. The van der Waals surface area contributed by atoms with Crippen LogP contribution in [0.3, 0.4) is 0 Å². The number of para-hydroxylation sites is 1. The summed E-state index contributed by atoms with van der Waals surface area (Å²) in [5.41, 5.74) is 0.218. The summed E-state index contributed by atoms with van der Waals surface area (Å²) >= 11 is 0. The highest BCUT2D eigenvalue weighted by molar-refractivity contribution is 5.93. The van der Waals surface area contributed by atoms with E-state index in [0.29, 0.717) is 12.8 Å². The first-order valence-electron chi connectivity index (χ1n) is 5.68. The molecule has 5 nitrogen and oxygen atoms in total. The lowest BCUT2D eigenvalue weighted by Crippen LogP contribution is -2.11. The number of hydrogen-bond donors (Lipinski definition) is 1. The third kappa shape index (κ3) is 4.18. The number of carbonyl (C=O) groups excluding carboxylic acids is 2. The van der Waals surface area contributed by atoms with Gasteiger partial charge in [-0.15, -0.1) is 0 Å². The van der Waals surface area contributed by atoms with Crippen LogP contribution in [-0.4, -0.2) is 30.8 Å². The van der Waals surface area contributed by atoms with Crippen molar-refractivity contribution in [1.29, 1.82) is 0 Å². The molecule has 18 heavy (non-hydrogen) atoms. The van der Waals surface area contributed by atoms with Crippen molar-refractivity contribution in [2.75, 3.05) is 13.7 Å². The summed E-state index contributed by atoms with van der Waals surface area (Å²) in [5, 5.41) is 8.60. The molecule has 0 amide bonds. The molecule has 0 aromatic heterocycles. The van der Waals surface area contributed by atoms with Gasteiger partial charge in [0.05, 0.1) is 7.11 Å². The van der Waals surface area contributed by atoms with E-state index in [-0.39, 0.29) is 24.3 Å². The first kappa shape index (κ1) is 14.2. The van der Waals surface area contributed by atoms with Gasteiger partial charge < -0.3 is 14.6 Å². The number of benzene rings is 1. The predicted molar refractivity (Wildman–Crippen MR) is 64.4 cm³/mol. The molecule has 0 heterocycles. The zero-order chi connectivity index (χ0) is 13.4. The van der Waals surface area contributed by atoms with Gasteiger partial charge in [-0.3, -0.25) is 4.79 Å². The Labute approximate surface area is 105 Å². The Kier molecular flexibility index (Phi) is 5.87. The minimum atomic E-state index is -0.547. The Hall–Kier alpha value is -1.88. The van der Waals surface area contributed by atoms with Crippen molar-refractivity contribution in [2.24, 2.45) is 0 Å². The topological polar surface area (TPSA) is 72.8 Å². The molecule has 1 rings (SSSR count). The minimum Gasteiger partial charge on any atom is -0.465 e. The van der Waals surface area contributed by atoms with Gasteiger partial charge >= 0.3 is 11.9 Å². The number of unbranched alkanes of at least 4 members (excludes halogenated alkanes) is 1. The van der Waals surface area contributed by atoms with Gasteiger partial charge in [-0.25, -0.2) is 4.79 Å². The van der Waals surface area contributed by atoms with E-state index in [9.17, 15) is 9.59 Å². The highest BCUT2D eigenvalue weighted by atomic mass is 16.5. The summed E-state index contributed by atoms with van der Waals surface area (Å²) in [6.07, 6.45) is 1.31. The standard InChI is InChI=1S/C13H16O5/c1-17-13(16)10-6-2-3-7-11(10)18-12(15)8-4-5-9-14/h2-3,6-7,14H,4-5,8-9H2,1H3. The van der Waals surface area contributed by atoms with E-state index < -0.39 is 11.9 Å². The van der Waals surface area contributed by atoms with Crippen LogP contribution in [0.4, 0.5) is 0 Å². The average Bonchev–Trinajstić information content (AvgIpc) is 2.39. The monoisotopic (exact) mass is 252 g/mol. The van der Waals surface area contributed by atoms with Gasteiger partial charge in [0.1, 0.15) is 11.3 Å². The predicted octanol–water partition coefficient (Wildman–Crippen LogP) is 1.54. The van der Waals surface area contributed by atoms with E-state index >= 15 is 0 Å². The van der Waals surface area contributed by atoms with Crippen molar-refractivity contribution in [3.8, 4) is 5.75 Å².